The summed E-state index contributed by atoms with van der Waals surface area (Å²) in [6.45, 7) is 4.15. The van der Waals surface area contributed by atoms with Crippen LogP contribution in [0.15, 0.2) is 48.5 Å². The van der Waals surface area contributed by atoms with Gasteiger partial charge in [-0.05, 0) is 29.8 Å². The minimum atomic E-state index is -0.626. The molecular weight excluding hydrogens is 389 g/mol. The number of carbonyl (C=O) groups excluding carboxylic acids is 1. The Kier molecular flexibility index (Phi) is 6.35. The molecule has 8 heteroatoms. The summed E-state index contributed by atoms with van der Waals surface area (Å²) >= 11 is 0. The SMILES string of the molecule is O=C1NCCN1CCOc1ccc(CN2C[C@H](Oc3cccc(F)c3)[C@@H](O)C2)cc1. The first-order valence-corrected chi connectivity index (χ1v) is 10.1. The van der Waals surface area contributed by atoms with Gasteiger partial charge in [-0.25, -0.2) is 9.18 Å². The Balaban J connectivity index is 1.23. The van der Waals surface area contributed by atoms with Gasteiger partial charge in [0, 0.05) is 38.8 Å². The number of amides is 2. The number of nitrogens with zero attached hydrogens (tertiary/aromatic N) is 2. The normalized spacial score (nSPS) is 21.7. The van der Waals surface area contributed by atoms with Gasteiger partial charge in [0.25, 0.3) is 0 Å². The summed E-state index contributed by atoms with van der Waals surface area (Å²) in [5, 5.41) is 13.1. The van der Waals surface area contributed by atoms with Crippen molar-refractivity contribution in [3.63, 3.8) is 0 Å². The Hall–Kier alpha value is -2.84. The zero-order chi connectivity index (χ0) is 20.9. The van der Waals surface area contributed by atoms with E-state index >= 15 is 0 Å². The molecule has 2 fully saturated rings. The number of benzene rings is 2. The zero-order valence-corrected chi connectivity index (χ0v) is 16.7. The highest BCUT2D eigenvalue weighted by Crippen LogP contribution is 2.22. The lowest BCUT2D eigenvalue weighted by atomic mass is 10.2. The number of halogens is 1. The largest absolute Gasteiger partial charge is 0.492 e. The lowest BCUT2D eigenvalue weighted by Crippen LogP contribution is -2.31. The van der Waals surface area contributed by atoms with Crippen molar-refractivity contribution < 1.29 is 23.8 Å². The molecule has 0 spiro atoms. The first-order chi connectivity index (χ1) is 14.6. The van der Waals surface area contributed by atoms with E-state index in [0.717, 1.165) is 11.3 Å². The van der Waals surface area contributed by atoms with E-state index in [0.29, 0.717) is 51.6 Å². The van der Waals surface area contributed by atoms with Gasteiger partial charge in [0.05, 0.1) is 6.54 Å². The van der Waals surface area contributed by atoms with Crippen molar-refractivity contribution in [3.8, 4) is 11.5 Å². The third-order valence-corrected chi connectivity index (χ3v) is 5.30. The average molecular weight is 415 g/mol. The summed E-state index contributed by atoms with van der Waals surface area (Å²) in [7, 11) is 0. The molecule has 2 aromatic rings. The Labute approximate surface area is 175 Å². The minimum Gasteiger partial charge on any atom is -0.492 e. The van der Waals surface area contributed by atoms with Crippen LogP contribution in [-0.2, 0) is 6.54 Å². The van der Waals surface area contributed by atoms with Crippen LogP contribution in [0.2, 0.25) is 0 Å². The van der Waals surface area contributed by atoms with Gasteiger partial charge < -0.3 is 24.8 Å². The summed E-state index contributed by atoms with van der Waals surface area (Å²) in [4.78, 5) is 15.3. The van der Waals surface area contributed by atoms with Crippen LogP contribution in [-0.4, -0.2) is 72.5 Å². The number of urea groups is 1. The van der Waals surface area contributed by atoms with Crippen LogP contribution in [0.25, 0.3) is 0 Å². The van der Waals surface area contributed by atoms with Crippen molar-refractivity contribution in [2.24, 2.45) is 0 Å². The fraction of sp³-hybridized carbons (Fsp3) is 0.409. The van der Waals surface area contributed by atoms with E-state index in [1.54, 1.807) is 17.0 Å². The molecule has 2 amide bonds. The summed E-state index contributed by atoms with van der Waals surface area (Å²) in [5.41, 5.74) is 1.10. The molecule has 4 rings (SSSR count). The van der Waals surface area contributed by atoms with Crippen molar-refractivity contribution in [3.05, 3.63) is 59.9 Å². The molecule has 2 aromatic carbocycles. The lowest BCUT2D eigenvalue weighted by molar-refractivity contribution is 0.0734. The molecule has 0 bridgehead atoms. The molecule has 30 heavy (non-hydrogen) atoms. The number of aliphatic hydroxyl groups is 1. The highest BCUT2D eigenvalue weighted by molar-refractivity contribution is 5.76. The summed E-state index contributed by atoms with van der Waals surface area (Å²) < 4.78 is 24.8. The quantitative estimate of drug-likeness (QED) is 0.689. The molecule has 2 aliphatic rings. The lowest BCUT2D eigenvalue weighted by Gasteiger charge is -2.17. The average Bonchev–Trinajstić information content (AvgIpc) is 3.28. The number of rotatable bonds is 8. The van der Waals surface area contributed by atoms with Gasteiger partial charge in [-0.2, -0.15) is 0 Å². The predicted molar refractivity (Wildman–Crippen MR) is 109 cm³/mol. The maximum absolute atomic E-state index is 13.3. The predicted octanol–water partition coefficient (Wildman–Crippen LogP) is 1.85. The van der Waals surface area contributed by atoms with Crippen LogP contribution < -0.4 is 14.8 Å². The number of nitrogens with one attached hydrogen (secondary N) is 1. The van der Waals surface area contributed by atoms with E-state index in [-0.39, 0.29) is 11.8 Å². The zero-order valence-electron chi connectivity index (χ0n) is 16.7. The molecule has 2 saturated heterocycles. The van der Waals surface area contributed by atoms with Crippen LogP contribution in [0.1, 0.15) is 5.56 Å². The number of β-amino-alcohol motifs (C(OH)–C–C–N with tert-alkyl or cyclic N) is 1. The van der Waals surface area contributed by atoms with E-state index < -0.39 is 12.2 Å². The molecule has 160 valence electrons. The van der Waals surface area contributed by atoms with Gasteiger partial charge >= 0.3 is 6.03 Å². The molecule has 0 unspecified atom stereocenters. The number of hydrogen-bond acceptors (Lipinski definition) is 5. The number of carbonyl (C=O) groups is 1. The van der Waals surface area contributed by atoms with E-state index in [9.17, 15) is 14.3 Å². The second kappa shape index (κ2) is 9.32. The standard InChI is InChI=1S/C22H26FN3O4/c23-17-2-1-3-19(12-17)30-21-15-25(14-20(21)27)13-16-4-6-18(7-5-16)29-11-10-26-9-8-24-22(26)28/h1-7,12,20-21,27H,8-11,13-15H2,(H,24,28)/t20-,21-/m0/s1. The Morgan fingerprint density at radius 3 is 2.70 bits per heavy atom. The molecule has 2 N–H and O–H groups in total. The molecule has 0 radical (unpaired) electrons. The fourth-order valence-electron chi connectivity index (χ4n) is 3.74. The van der Waals surface area contributed by atoms with E-state index in [2.05, 4.69) is 10.2 Å². The van der Waals surface area contributed by atoms with E-state index in [1.807, 2.05) is 24.3 Å². The molecule has 2 aliphatic heterocycles. The molecule has 7 nitrogen and oxygen atoms in total. The highest BCUT2D eigenvalue weighted by atomic mass is 19.1. The molecule has 0 saturated carbocycles. The van der Waals surface area contributed by atoms with Crippen LogP contribution in [0.5, 0.6) is 11.5 Å². The van der Waals surface area contributed by atoms with Crippen LogP contribution >= 0.6 is 0 Å². The van der Waals surface area contributed by atoms with Gasteiger partial charge in [-0.1, -0.05) is 18.2 Å². The second-order valence-corrected chi connectivity index (χ2v) is 7.59. The van der Waals surface area contributed by atoms with Crippen LogP contribution in [0, 0.1) is 5.82 Å². The number of hydrogen-bond donors (Lipinski definition) is 2. The Bertz CT molecular complexity index is 864. The van der Waals surface area contributed by atoms with E-state index in [4.69, 9.17) is 9.47 Å². The third-order valence-electron chi connectivity index (χ3n) is 5.30. The monoisotopic (exact) mass is 415 g/mol. The second-order valence-electron chi connectivity index (χ2n) is 7.59. The van der Waals surface area contributed by atoms with E-state index in [1.165, 1.54) is 12.1 Å². The summed E-state index contributed by atoms with van der Waals surface area (Å²) in [6.07, 6.45) is -1.02. The minimum absolute atomic E-state index is 0.0403. The van der Waals surface area contributed by atoms with Gasteiger partial charge in [-0.3, -0.25) is 4.90 Å². The number of ether oxygens (including phenoxy) is 2. The van der Waals surface area contributed by atoms with Gasteiger partial charge in [0.2, 0.25) is 0 Å². The molecular formula is C22H26FN3O4. The van der Waals surface area contributed by atoms with Gasteiger partial charge in [0.1, 0.15) is 36.1 Å². The molecule has 2 atom stereocenters. The maximum atomic E-state index is 13.3. The smallest absolute Gasteiger partial charge is 0.317 e. The van der Waals surface area contributed by atoms with Crippen molar-refractivity contribution >= 4 is 6.03 Å². The van der Waals surface area contributed by atoms with Crippen LogP contribution in [0.4, 0.5) is 9.18 Å². The van der Waals surface area contributed by atoms with Crippen molar-refractivity contribution in [1.29, 1.82) is 0 Å². The van der Waals surface area contributed by atoms with Crippen LogP contribution in [0.3, 0.4) is 0 Å². The Morgan fingerprint density at radius 1 is 1.13 bits per heavy atom. The molecule has 2 heterocycles. The Morgan fingerprint density at radius 2 is 1.97 bits per heavy atom. The fourth-order valence-corrected chi connectivity index (χ4v) is 3.74. The van der Waals surface area contributed by atoms with Crippen molar-refractivity contribution in [2.45, 2.75) is 18.8 Å². The number of aliphatic hydroxyl groups excluding tert-OH is 1. The van der Waals surface area contributed by atoms with Crippen molar-refractivity contribution in [2.75, 3.05) is 39.3 Å². The number of likely N-dealkylation sites (tertiary alicyclic amines) is 1. The maximum Gasteiger partial charge on any atom is 0.317 e. The first kappa shape index (κ1) is 20.4. The third kappa shape index (κ3) is 5.20. The first-order valence-electron chi connectivity index (χ1n) is 10.1. The van der Waals surface area contributed by atoms with Gasteiger partial charge in [-0.15, -0.1) is 0 Å². The highest BCUT2D eigenvalue weighted by Gasteiger charge is 2.33. The molecule has 0 aliphatic carbocycles. The summed E-state index contributed by atoms with van der Waals surface area (Å²) in [6, 6.07) is 13.7. The molecule has 0 aromatic heterocycles. The van der Waals surface area contributed by atoms with Gasteiger partial charge in [0.15, 0.2) is 0 Å². The van der Waals surface area contributed by atoms with Crippen molar-refractivity contribution in [1.82, 2.24) is 15.1 Å². The topological polar surface area (TPSA) is 74.3 Å². The summed E-state index contributed by atoms with van der Waals surface area (Å²) in [5.74, 6) is 0.823.